The summed E-state index contributed by atoms with van der Waals surface area (Å²) in [7, 11) is 1.66. The Bertz CT molecular complexity index is 330. The molecule has 1 aromatic carbocycles. The molecule has 0 aromatic heterocycles. The molecule has 0 spiro atoms. The summed E-state index contributed by atoms with van der Waals surface area (Å²) >= 11 is 0. The molecular formula is C15H22O3. The van der Waals surface area contributed by atoms with Crippen LogP contribution in [0.3, 0.4) is 0 Å². The van der Waals surface area contributed by atoms with Gasteiger partial charge in [-0.1, -0.05) is 25.5 Å². The van der Waals surface area contributed by atoms with Gasteiger partial charge >= 0.3 is 0 Å². The summed E-state index contributed by atoms with van der Waals surface area (Å²) in [6.45, 7) is 4.21. The fourth-order valence-corrected chi connectivity index (χ4v) is 1.37. The summed E-state index contributed by atoms with van der Waals surface area (Å²) in [6, 6.07) is 7.81. The van der Waals surface area contributed by atoms with Gasteiger partial charge in [-0.25, -0.2) is 0 Å². The Balaban J connectivity index is 2.12. The summed E-state index contributed by atoms with van der Waals surface area (Å²) in [6.07, 6.45) is 5.90. The number of hydrogen-bond donors (Lipinski definition) is 0. The first-order valence-electron chi connectivity index (χ1n) is 6.36. The Morgan fingerprint density at radius 3 is 2.50 bits per heavy atom. The standard InChI is InChI=1S/C15H22O3/c1-3-4-10-17-12-13-18-11-9-14-5-7-15(16-2)8-6-14/h5-9,11H,3-4,10,12-13H2,1-2H3/b11-9+. The second-order valence-electron chi connectivity index (χ2n) is 3.91. The second-order valence-corrected chi connectivity index (χ2v) is 3.91. The summed E-state index contributed by atoms with van der Waals surface area (Å²) in [4.78, 5) is 0. The zero-order chi connectivity index (χ0) is 13.1. The van der Waals surface area contributed by atoms with Crippen molar-refractivity contribution in [3.8, 4) is 5.75 Å². The molecule has 0 fully saturated rings. The van der Waals surface area contributed by atoms with E-state index in [1.54, 1.807) is 13.4 Å². The number of methoxy groups -OCH3 is 1. The quantitative estimate of drug-likeness (QED) is 0.496. The van der Waals surface area contributed by atoms with Gasteiger partial charge in [0.15, 0.2) is 0 Å². The van der Waals surface area contributed by atoms with Crippen molar-refractivity contribution in [1.82, 2.24) is 0 Å². The first-order chi connectivity index (χ1) is 8.86. The Morgan fingerprint density at radius 2 is 1.83 bits per heavy atom. The maximum atomic E-state index is 5.38. The third-order valence-electron chi connectivity index (χ3n) is 2.46. The van der Waals surface area contributed by atoms with Crippen LogP contribution in [-0.2, 0) is 9.47 Å². The third-order valence-corrected chi connectivity index (χ3v) is 2.46. The largest absolute Gasteiger partial charge is 0.499 e. The minimum absolute atomic E-state index is 0.594. The highest BCUT2D eigenvalue weighted by atomic mass is 16.5. The molecule has 3 nitrogen and oxygen atoms in total. The van der Waals surface area contributed by atoms with E-state index in [-0.39, 0.29) is 0 Å². The normalized spacial score (nSPS) is 10.8. The molecule has 3 heteroatoms. The summed E-state index contributed by atoms with van der Waals surface area (Å²) < 4.78 is 15.8. The van der Waals surface area contributed by atoms with Gasteiger partial charge < -0.3 is 14.2 Å². The van der Waals surface area contributed by atoms with Gasteiger partial charge in [-0.2, -0.15) is 0 Å². The monoisotopic (exact) mass is 250 g/mol. The van der Waals surface area contributed by atoms with E-state index in [9.17, 15) is 0 Å². The number of hydrogen-bond acceptors (Lipinski definition) is 3. The van der Waals surface area contributed by atoms with Gasteiger partial charge in [-0.3, -0.25) is 0 Å². The molecule has 0 atom stereocenters. The van der Waals surface area contributed by atoms with Gasteiger partial charge in [-0.15, -0.1) is 0 Å². The van der Waals surface area contributed by atoms with Crippen LogP contribution >= 0.6 is 0 Å². The maximum Gasteiger partial charge on any atom is 0.118 e. The number of rotatable bonds is 9. The van der Waals surface area contributed by atoms with Crippen molar-refractivity contribution >= 4 is 6.08 Å². The summed E-state index contributed by atoms with van der Waals surface area (Å²) in [5, 5.41) is 0. The summed E-state index contributed by atoms with van der Waals surface area (Å²) in [5.41, 5.74) is 1.09. The molecule has 0 heterocycles. The van der Waals surface area contributed by atoms with Crippen LogP contribution < -0.4 is 4.74 Å². The van der Waals surface area contributed by atoms with Crippen LogP contribution in [0.25, 0.3) is 6.08 Å². The van der Waals surface area contributed by atoms with Gasteiger partial charge in [0, 0.05) is 6.61 Å². The van der Waals surface area contributed by atoms with Crippen LogP contribution in [0, 0.1) is 0 Å². The van der Waals surface area contributed by atoms with Crippen molar-refractivity contribution in [1.29, 1.82) is 0 Å². The Labute approximate surface area is 109 Å². The van der Waals surface area contributed by atoms with Crippen LogP contribution in [-0.4, -0.2) is 26.9 Å². The first kappa shape index (κ1) is 14.6. The average molecular weight is 250 g/mol. The molecule has 0 aliphatic carbocycles. The number of benzene rings is 1. The van der Waals surface area contributed by atoms with E-state index in [2.05, 4.69) is 6.92 Å². The lowest BCUT2D eigenvalue weighted by molar-refractivity contribution is 0.0837. The van der Waals surface area contributed by atoms with E-state index in [4.69, 9.17) is 14.2 Å². The Morgan fingerprint density at radius 1 is 1.06 bits per heavy atom. The fraction of sp³-hybridized carbons (Fsp3) is 0.467. The SMILES string of the molecule is CCCCOCCO/C=C/c1ccc(OC)cc1. The molecule has 0 aliphatic heterocycles. The molecule has 0 unspecified atom stereocenters. The molecule has 0 amide bonds. The first-order valence-corrected chi connectivity index (χ1v) is 6.36. The van der Waals surface area contributed by atoms with E-state index >= 15 is 0 Å². The molecule has 0 saturated heterocycles. The summed E-state index contributed by atoms with van der Waals surface area (Å²) in [5.74, 6) is 0.859. The van der Waals surface area contributed by atoms with Crippen molar-refractivity contribution in [2.45, 2.75) is 19.8 Å². The van der Waals surface area contributed by atoms with Crippen molar-refractivity contribution < 1.29 is 14.2 Å². The number of ether oxygens (including phenoxy) is 3. The predicted molar refractivity (Wildman–Crippen MR) is 73.7 cm³/mol. The molecule has 0 saturated carbocycles. The molecule has 1 aromatic rings. The maximum absolute atomic E-state index is 5.38. The van der Waals surface area contributed by atoms with Crippen LogP contribution in [0.15, 0.2) is 30.5 Å². The highest BCUT2D eigenvalue weighted by molar-refractivity contribution is 5.49. The highest BCUT2D eigenvalue weighted by Gasteiger charge is 1.90. The van der Waals surface area contributed by atoms with Gasteiger partial charge in [0.1, 0.15) is 12.4 Å². The van der Waals surface area contributed by atoms with Crippen molar-refractivity contribution in [2.24, 2.45) is 0 Å². The van der Waals surface area contributed by atoms with E-state index in [1.165, 1.54) is 0 Å². The van der Waals surface area contributed by atoms with E-state index < -0.39 is 0 Å². The van der Waals surface area contributed by atoms with Gasteiger partial charge in [0.2, 0.25) is 0 Å². The topological polar surface area (TPSA) is 27.7 Å². The van der Waals surface area contributed by atoms with Crippen LogP contribution in [0.5, 0.6) is 5.75 Å². The van der Waals surface area contributed by atoms with Gasteiger partial charge in [0.05, 0.1) is 20.0 Å². The molecule has 0 radical (unpaired) electrons. The lowest BCUT2D eigenvalue weighted by Crippen LogP contribution is -2.02. The molecule has 1 rings (SSSR count). The van der Waals surface area contributed by atoms with Crippen LogP contribution in [0.4, 0.5) is 0 Å². The molecule has 0 aliphatic rings. The van der Waals surface area contributed by atoms with E-state index in [0.717, 1.165) is 30.8 Å². The van der Waals surface area contributed by atoms with Crippen LogP contribution in [0.2, 0.25) is 0 Å². The van der Waals surface area contributed by atoms with Crippen molar-refractivity contribution in [2.75, 3.05) is 26.9 Å². The Hall–Kier alpha value is -1.48. The van der Waals surface area contributed by atoms with Crippen LogP contribution in [0.1, 0.15) is 25.3 Å². The Kier molecular flexibility index (Phi) is 7.73. The number of unbranched alkanes of at least 4 members (excludes halogenated alkanes) is 1. The highest BCUT2D eigenvalue weighted by Crippen LogP contribution is 2.12. The zero-order valence-electron chi connectivity index (χ0n) is 11.2. The zero-order valence-corrected chi connectivity index (χ0v) is 11.2. The molecule has 18 heavy (non-hydrogen) atoms. The molecule has 100 valence electrons. The van der Waals surface area contributed by atoms with Crippen molar-refractivity contribution in [3.63, 3.8) is 0 Å². The van der Waals surface area contributed by atoms with Crippen molar-refractivity contribution in [3.05, 3.63) is 36.1 Å². The molecule has 0 bridgehead atoms. The minimum atomic E-state index is 0.594. The third kappa shape index (κ3) is 6.30. The van der Waals surface area contributed by atoms with Gasteiger partial charge in [0.25, 0.3) is 0 Å². The second kappa shape index (κ2) is 9.54. The lowest BCUT2D eigenvalue weighted by atomic mass is 10.2. The molecular weight excluding hydrogens is 228 g/mol. The predicted octanol–water partition coefficient (Wildman–Crippen LogP) is 3.50. The van der Waals surface area contributed by atoms with Gasteiger partial charge in [-0.05, 0) is 30.2 Å². The average Bonchev–Trinajstić information content (AvgIpc) is 2.42. The minimum Gasteiger partial charge on any atom is -0.499 e. The lowest BCUT2D eigenvalue weighted by Gasteiger charge is -2.03. The van der Waals surface area contributed by atoms with E-state index in [0.29, 0.717) is 13.2 Å². The molecule has 0 N–H and O–H groups in total. The van der Waals surface area contributed by atoms with E-state index in [1.807, 2.05) is 30.3 Å². The fourth-order valence-electron chi connectivity index (χ4n) is 1.37. The smallest absolute Gasteiger partial charge is 0.118 e.